The maximum atomic E-state index is 12.6. The third-order valence-corrected chi connectivity index (χ3v) is 6.33. The first-order valence-corrected chi connectivity index (χ1v) is 9.05. The van der Waals surface area contributed by atoms with Crippen molar-refractivity contribution in [2.24, 2.45) is 0 Å². The highest BCUT2D eigenvalue weighted by molar-refractivity contribution is 7.33. The zero-order valence-corrected chi connectivity index (χ0v) is 14.5. The summed E-state index contributed by atoms with van der Waals surface area (Å²) in [5.74, 6) is -0.0313. The van der Waals surface area contributed by atoms with Crippen LogP contribution in [0.25, 0.3) is 19.5 Å². The van der Waals surface area contributed by atoms with Gasteiger partial charge in [-0.05, 0) is 43.2 Å². The van der Waals surface area contributed by atoms with Gasteiger partial charge in [-0.15, -0.1) is 22.7 Å². The molecule has 0 fully saturated rings. The first-order valence-electron chi connectivity index (χ1n) is 7.41. The van der Waals surface area contributed by atoms with Gasteiger partial charge in [-0.1, -0.05) is 30.3 Å². The van der Waals surface area contributed by atoms with E-state index in [1.54, 1.807) is 22.7 Å². The zero-order valence-electron chi connectivity index (χ0n) is 12.8. The minimum absolute atomic E-state index is 0.0313. The largest absolute Gasteiger partial charge is 0.321 e. The number of thiophene rings is 2. The van der Waals surface area contributed by atoms with E-state index in [1.807, 2.05) is 38.1 Å². The molecule has 1 N–H and O–H groups in total. The van der Waals surface area contributed by atoms with Crippen molar-refractivity contribution in [3.63, 3.8) is 0 Å². The molecule has 4 aromatic rings. The van der Waals surface area contributed by atoms with Crippen molar-refractivity contribution in [3.8, 4) is 0 Å². The van der Waals surface area contributed by atoms with E-state index in [9.17, 15) is 4.79 Å². The Morgan fingerprint density at radius 2 is 1.78 bits per heavy atom. The number of hydrogen-bond acceptors (Lipinski definition) is 3. The van der Waals surface area contributed by atoms with E-state index >= 15 is 0 Å². The molecule has 2 nitrogen and oxygen atoms in total. The normalized spacial score (nSPS) is 11.2. The van der Waals surface area contributed by atoms with E-state index in [2.05, 4.69) is 29.6 Å². The van der Waals surface area contributed by atoms with Crippen LogP contribution in [0.1, 0.15) is 20.8 Å². The third kappa shape index (κ3) is 2.54. The average molecular weight is 337 g/mol. The fourth-order valence-corrected chi connectivity index (χ4v) is 5.09. The summed E-state index contributed by atoms with van der Waals surface area (Å²) in [4.78, 5) is 13.3. The molecule has 0 spiro atoms. The molecule has 114 valence electrons. The Morgan fingerprint density at radius 1 is 0.957 bits per heavy atom. The molecule has 0 aliphatic heterocycles. The molecule has 0 radical (unpaired) electrons. The van der Waals surface area contributed by atoms with Crippen LogP contribution in [0.15, 0.2) is 48.5 Å². The number of carbonyl (C=O) groups is 1. The van der Waals surface area contributed by atoms with Crippen molar-refractivity contribution in [2.75, 3.05) is 5.32 Å². The standard InChI is InChI=1S/C19H15NOS2/c1-11-7-8-12(2)14(9-11)20-19(21)17-10-16-18(23-17)13-5-3-4-6-15(13)22-16/h3-10H,1-2H3,(H,20,21). The van der Waals surface area contributed by atoms with Gasteiger partial charge in [0.25, 0.3) is 5.91 Å². The highest BCUT2D eigenvalue weighted by Gasteiger charge is 2.15. The SMILES string of the molecule is Cc1ccc(C)c(NC(=O)c2cc3sc4ccccc4c3s2)c1. The number of anilines is 1. The summed E-state index contributed by atoms with van der Waals surface area (Å²) in [6.07, 6.45) is 0. The fraction of sp³-hybridized carbons (Fsp3) is 0.105. The van der Waals surface area contributed by atoms with E-state index < -0.39 is 0 Å². The van der Waals surface area contributed by atoms with Gasteiger partial charge in [-0.25, -0.2) is 0 Å². The first kappa shape index (κ1) is 14.4. The summed E-state index contributed by atoms with van der Waals surface area (Å²) in [5.41, 5.74) is 3.11. The number of rotatable bonds is 2. The van der Waals surface area contributed by atoms with Gasteiger partial charge >= 0.3 is 0 Å². The van der Waals surface area contributed by atoms with Crippen molar-refractivity contribution in [3.05, 3.63) is 64.5 Å². The van der Waals surface area contributed by atoms with E-state index in [0.29, 0.717) is 0 Å². The molecule has 2 aromatic heterocycles. The molecule has 0 bridgehead atoms. The molecule has 0 atom stereocenters. The van der Waals surface area contributed by atoms with Gasteiger partial charge in [0.2, 0.25) is 0 Å². The van der Waals surface area contributed by atoms with Crippen molar-refractivity contribution in [2.45, 2.75) is 13.8 Å². The number of hydrogen-bond donors (Lipinski definition) is 1. The van der Waals surface area contributed by atoms with Gasteiger partial charge in [0.15, 0.2) is 0 Å². The molecule has 0 aliphatic carbocycles. The second-order valence-corrected chi connectivity index (χ2v) is 7.81. The zero-order chi connectivity index (χ0) is 16.0. The van der Waals surface area contributed by atoms with Crippen LogP contribution in [-0.4, -0.2) is 5.91 Å². The van der Waals surface area contributed by atoms with Gasteiger partial charge in [0.05, 0.1) is 9.58 Å². The number of amides is 1. The van der Waals surface area contributed by atoms with Gasteiger partial charge in [-0.2, -0.15) is 0 Å². The lowest BCUT2D eigenvalue weighted by Gasteiger charge is -2.08. The van der Waals surface area contributed by atoms with Crippen molar-refractivity contribution in [1.29, 1.82) is 0 Å². The van der Waals surface area contributed by atoms with Crippen LogP contribution in [0, 0.1) is 13.8 Å². The number of fused-ring (bicyclic) bond motifs is 3. The highest BCUT2D eigenvalue weighted by Crippen LogP contribution is 2.39. The van der Waals surface area contributed by atoms with E-state index in [1.165, 1.54) is 19.5 Å². The molecular formula is C19H15NOS2. The Kier molecular flexibility index (Phi) is 3.43. The quantitative estimate of drug-likeness (QED) is 0.478. The lowest BCUT2D eigenvalue weighted by molar-refractivity contribution is 0.103. The molecule has 23 heavy (non-hydrogen) atoms. The molecule has 0 saturated heterocycles. The van der Waals surface area contributed by atoms with E-state index in [4.69, 9.17) is 0 Å². The Labute approximate surface area is 142 Å². The Hall–Kier alpha value is -2.17. The van der Waals surface area contributed by atoms with E-state index in [0.717, 1.165) is 21.7 Å². The summed E-state index contributed by atoms with van der Waals surface area (Å²) in [6.45, 7) is 4.04. The number of benzene rings is 2. The maximum Gasteiger partial charge on any atom is 0.265 e. The van der Waals surface area contributed by atoms with E-state index in [-0.39, 0.29) is 5.91 Å². The minimum Gasteiger partial charge on any atom is -0.321 e. The molecule has 1 amide bonds. The smallest absolute Gasteiger partial charge is 0.265 e. The molecule has 0 unspecified atom stereocenters. The number of carbonyl (C=O) groups excluding carboxylic acids is 1. The van der Waals surface area contributed by atoms with Gasteiger partial charge in [-0.3, -0.25) is 4.79 Å². The number of nitrogens with one attached hydrogen (secondary N) is 1. The van der Waals surface area contributed by atoms with Crippen LogP contribution in [0.2, 0.25) is 0 Å². The summed E-state index contributed by atoms with van der Waals surface area (Å²) >= 11 is 3.31. The topological polar surface area (TPSA) is 29.1 Å². The van der Waals surface area contributed by atoms with Gasteiger partial charge in [0, 0.05) is 20.5 Å². The Bertz CT molecular complexity index is 1040. The number of aryl methyl sites for hydroxylation is 2. The lowest BCUT2D eigenvalue weighted by atomic mass is 10.1. The molecule has 2 aromatic carbocycles. The summed E-state index contributed by atoms with van der Waals surface area (Å²) in [6, 6.07) is 16.5. The van der Waals surface area contributed by atoms with Crippen molar-refractivity contribution < 1.29 is 4.79 Å². The molecular weight excluding hydrogens is 322 g/mol. The fourth-order valence-electron chi connectivity index (χ4n) is 2.67. The lowest BCUT2D eigenvalue weighted by Crippen LogP contribution is -2.11. The van der Waals surface area contributed by atoms with Crippen molar-refractivity contribution >= 4 is 53.8 Å². The molecule has 0 saturated carbocycles. The monoisotopic (exact) mass is 337 g/mol. The third-order valence-electron chi connectivity index (χ3n) is 3.91. The Morgan fingerprint density at radius 3 is 2.65 bits per heavy atom. The average Bonchev–Trinajstić information content (AvgIpc) is 3.08. The van der Waals surface area contributed by atoms with Gasteiger partial charge in [0.1, 0.15) is 0 Å². The predicted molar refractivity (Wildman–Crippen MR) is 101 cm³/mol. The predicted octanol–water partition coefficient (Wildman–Crippen LogP) is 5.99. The highest BCUT2D eigenvalue weighted by atomic mass is 32.1. The van der Waals surface area contributed by atoms with Crippen LogP contribution < -0.4 is 5.32 Å². The first-order chi connectivity index (χ1) is 11.1. The summed E-state index contributed by atoms with van der Waals surface area (Å²) in [7, 11) is 0. The molecule has 2 heterocycles. The summed E-state index contributed by atoms with van der Waals surface area (Å²) in [5, 5.41) is 4.28. The minimum atomic E-state index is -0.0313. The van der Waals surface area contributed by atoms with Crippen LogP contribution >= 0.6 is 22.7 Å². The van der Waals surface area contributed by atoms with Crippen LogP contribution in [0.4, 0.5) is 5.69 Å². The second-order valence-electron chi connectivity index (χ2n) is 5.67. The van der Waals surface area contributed by atoms with Crippen LogP contribution in [0.3, 0.4) is 0 Å². The van der Waals surface area contributed by atoms with Crippen LogP contribution in [-0.2, 0) is 0 Å². The molecule has 4 rings (SSSR count). The second kappa shape index (κ2) is 5.48. The Balaban J connectivity index is 1.71. The maximum absolute atomic E-state index is 12.6. The summed E-state index contributed by atoms with van der Waals surface area (Å²) < 4.78 is 3.66. The van der Waals surface area contributed by atoms with Crippen LogP contribution in [0.5, 0.6) is 0 Å². The van der Waals surface area contributed by atoms with Gasteiger partial charge < -0.3 is 5.32 Å². The molecule has 0 aliphatic rings. The van der Waals surface area contributed by atoms with Crippen molar-refractivity contribution in [1.82, 2.24) is 0 Å². The molecule has 4 heteroatoms.